The molecule has 0 aromatic carbocycles. The van der Waals surface area contributed by atoms with E-state index < -0.39 is 6.10 Å². The van der Waals surface area contributed by atoms with Crippen molar-refractivity contribution in [2.24, 2.45) is 0 Å². The molecule has 0 fully saturated rings. The SMILES string of the molecule is CC\C=C/C=C\C=C/C=C\C=C\C=C/CCCCCC(=O)OC(COC(=O)CCCCCCCCC/C=C\CCCCCCCCCC)COC(=O)CCCCCCCCCCCCCCCC. The van der Waals surface area contributed by atoms with E-state index in [2.05, 4.69) is 45.1 Å². The summed E-state index contributed by atoms with van der Waals surface area (Å²) in [4.78, 5) is 38.1. The molecular weight excluding hydrogens is 841 g/mol. The van der Waals surface area contributed by atoms with Gasteiger partial charge in [0.1, 0.15) is 13.2 Å². The molecule has 0 aromatic rings. The maximum absolute atomic E-state index is 12.8. The first-order valence-corrected chi connectivity index (χ1v) is 28.7. The predicted molar refractivity (Wildman–Crippen MR) is 293 cm³/mol. The number of hydrogen-bond acceptors (Lipinski definition) is 6. The smallest absolute Gasteiger partial charge is 0.306 e. The van der Waals surface area contributed by atoms with E-state index in [0.717, 1.165) is 64.2 Å². The fourth-order valence-electron chi connectivity index (χ4n) is 8.00. The molecule has 0 spiro atoms. The zero-order chi connectivity index (χ0) is 49.3. The largest absolute Gasteiger partial charge is 0.462 e. The van der Waals surface area contributed by atoms with Gasteiger partial charge in [0, 0.05) is 19.3 Å². The lowest BCUT2D eigenvalue weighted by Crippen LogP contribution is -2.30. The summed E-state index contributed by atoms with van der Waals surface area (Å²) < 4.78 is 16.8. The van der Waals surface area contributed by atoms with Gasteiger partial charge in [0.25, 0.3) is 0 Å². The van der Waals surface area contributed by atoms with Crippen molar-refractivity contribution < 1.29 is 28.6 Å². The summed E-state index contributed by atoms with van der Waals surface area (Å²) in [6.45, 7) is 6.47. The number of unbranched alkanes of at least 4 members (excludes halogenated alkanes) is 31. The van der Waals surface area contributed by atoms with Gasteiger partial charge in [0.05, 0.1) is 0 Å². The van der Waals surface area contributed by atoms with Gasteiger partial charge in [-0.1, -0.05) is 273 Å². The molecule has 6 nitrogen and oxygen atoms in total. The van der Waals surface area contributed by atoms with Crippen LogP contribution in [0.3, 0.4) is 0 Å². The molecule has 0 bridgehead atoms. The van der Waals surface area contributed by atoms with Gasteiger partial charge >= 0.3 is 17.9 Å². The van der Waals surface area contributed by atoms with Crippen LogP contribution in [0.2, 0.25) is 0 Å². The first-order valence-electron chi connectivity index (χ1n) is 28.7. The minimum atomic E-state index is -0.801. The number of rotatable bonds is 51. The summed E-state index contributed by atoms with van der Waals surface area (Å²) >= 11 is 0. The molecule has 390 valence electrons. The lowest BCUT2D eigenvalue weighted by Gasteiger charge is -2.18. The van der Waals surface area contributed by atoms with E-state index in [1.807, 2.05) is 60.8 Å². The summed E-state index contributed by atoms with van der Waals surface area (Å²) in [5, 5.41) is 0. The van der Waals surface area contributed by atoms with Crippen molar-refractivity contribution in [1.29, 1.82) is 0 Å². The summed E-state index contributed by atoms with van der Waals surface area (Å²) in [5.41, 5.74) is 0. The predicted octanol–water partition coefficient (Wildman–Crippen LogP) is 19.2. The first-order chi connectivity index (χ1) is 33.5. The molecule has 68 heavy (non-hydrogen) atoms. The highest BCUT2D eigenvalue weighted by molar-refractivity contribution is 5.71. The summed E-state index contributed by atoms with van der Waals surface area (Å²) in [6.07, 6.45) is 72.8. The van der Waals surface area contributed by atoms with Crippen molar-refractivity contribution in [3.63, 3.8) is 0 Å². The van der Waals surface area contributed by atoms with Crippen molar-refractivity contribution in [2.45, 2.75) is 277 Å². The second-order valence-corrected chi connectivity index (χ2v) is 19.0. The quantitative estimate of drug-likeness (QED) is 0.0199. The van der Waals surface area contributed by atoms with E-state index in [-0.39, 0.29) is 37.5 Å². The molecule has 0 aliphatic heterocycles. The van der Waals surface area contributed by atoms with Gasteiger partial charge in [0.2, 0.25) is 0 Å². The first kappa shape index (κ1) is 64.6. The average molecular weight is 948 g/mol. The number of hydrogen-bond donors (Lipinski definition) is 0. The summed E-state index contributed by atoms with van der Waals surface area (Å²) in [6, 6.07) is 0. The van der Waals surface area contributed by atoms with Crippen LogP contribution in [-0.2, 0) is 28.6 Å². The molecule has 0 aliphatic rings. The minimum absolute atomic E-state index is 0.0943. The standard InChI is InChI=1S/C62H106O6/c1-4-7-10-13-16-19-22-25-28-30-31-33-34-37-40-43-46-49-52-55-61(64)67-58-59(57-66-60(63)54-51-48-45-42-39-36-27-24-21-18-15-12-9-6-3)68-62(65)56-53-50-47-44-41-38-35-32-29-26-23-20-17-14-11-8-5-2/h8,11,14,17,20,23,26,29-32,35,38,41,59H,4-7,9-10,12-13,15-16,18-19,21-22,24-25,27-28,33-34,36-37,39-40,42-58H2,1-3H3/b11-8-,17-14-,23-20-,29-26-,31-30-,35-32+,41-38-. The highest BCUT2D eigenvalue weighted by Gasteiger charge is 2.19. The third-order valence-corrected chi connectivity index (χ3v) is 12.3. The maximum atomic E-state index is 12.8. The van der Waals surface area contributed by atoms with Crippen LogP contribution in [0.4, 0.5) is 0 Å². The fraction of sp³-hybridized carbons (Fsp3) is 0.726. The fourth-order valence-corrected chi connectivity index (χ4v) is 8.00. The Morgan fingerprint density at radius 3 is 0.956 bits per heavy atom. The molecule has 0 saturated carbocycles. The Bertz CT molecular complexity index is 1320. The molecule has 0 aromatic heterocycles. The molecule has 1 atom stereocenters. The van der Waals surface area contributed by atoms with E-state index in [9.17, 15) is 14.4 Å². The van der Waals surface area contributed by atoms with Crippen LogP contribution < -0.4 is 0 Å². The third-order valence-electron chi connectivity index (χ3n) is 12.3. The molecule has 0 heterocycles. The molecule has 0 saturated heterocycles. The highest BCUT2D eigenvalue weighted by Crippen LogP contribution is 2.16. The molecule has 0 rings (SSSR count). The number of esters is 3. The molecule has 0 amide bonds. The summed E-state index contributed by atoms with van der Waals surface area (Å²) in [7, 11) is 0. The van der Waals surface area contributed by atoms with Gasteiger partial charge in [-0.25, -0.2) is 0 Å². The van der Waals surface area contributed by atoms with E-state index in [1.165, 1.54) is 161 Å². The lowest BCUT2D eigenvalue weighted by atomic mass is 10.0. The van der Waals surface area contributed by atoms with Crippen LogP contribution in [0.1, 0.15) is 271 Å². The Hall–Kier alpha value is -3.41. The lowest BCUT2D eigenvalue weighted by molar-refractivity contribution is -0.167. The van der Waals surface area contributed by atoms with E-state index in [0.29, 0.717) is 19.3 Å². The highest BCUT2D eigenvalue weighted by atomic mass is 16.6. The van der Waals surface area contributed by atoms with E-state index in [4.69, 9.17) is 14.2 Å². The molecule has 6 heteroatoms. The Balaban J connectivity index is 4.45. The van der Waals surface area contributed by atoms with Crippen molar-refractivity contribution in [3.05, 3.63) is 85.1 Å². The maximum Gasteiger partial charge on any atom is 0.306 e. The third kappa shape index (κ3) is 53.5. The van der Waals surface area contributed by atoms with Crippen molar-refractivity contribution in [3.8, 4) is 0 Å². The average Bonchev–Trinajstić information content (AvgIpc) is 3.34. The van der Waals surface area contributed by atoms with Gasteiger partial charge in [-0.3, -0.25) is 14.4 Å². The Morgan fingerprint density at radius 1 is 0.309 bits per heavy atom. The Kier molecular flexibility index (Phi) is 53.4. The van der Waals surface area contributed by atoms with Crippen LogP contribution >= 0.6 is 0 Å². The van der Waals surface area contributed by atoms with Crippen LogP contribution in [0.15, 0.2) is 85.1 Å². The van der Waals surface area contributed by atoms with Gasteiger partial charge in [-0.05, 0) is 64.2 Å². The number of ether oxygens (including phenoxy) is 3. The molecule has 1 unspecified atom stereocenters. The van der Waals surface area contributed by atoms with Crippen molar-refractivity contribution >= 4 is 17.9 Å². The van der Waals surface area contributed by atoms with Gasteiger partial charge in [-0.2, -0.15) is 0 Å². The van der Waals surface area contributed by atoms with Crippen LogP contribution in [0, 0.1) is 0 Å². The molecular formula is C62H106O6. The van der Waals surface area contributed by atoms with Crippen LogP contribution in [0.5, 0.6) is 0 Å². The number of carbonyl (C=O) groups excluding carboxylic acids is 3. The van der Waals surface area contributed by atoms with Crippen molar-refractivity contribution in [1.82, 2.24) is 0 Å². The number of carbonyl (C=O) groups is 3. The molecule has 0 N–H and O–H groups in total. The van der Waals surface area contributed by atoms with Gasteiger partial charge in [0.15, 0.2) is 6.10 Å². The van der Waals surface area contributed by atoms with E-state index in [1.54, 1.807) is 0 Å². The van der Waals surface area contributed by atoms with Crippen molar-refractivity contribution in [2.75, 3.05) is 13.2 Å². The minimum Gasteiger partial charge on any atom is -0.462 e. The topological polar surface area (TPSA) is 78.9 Å². The molecule has 0 aliphatic carbocycles. The van der Waals surface area contributed by atoms with E-state index >= 15 is 0 Å². The second kappa shape index (κ2) is 56.2. The van der Waals surface area contributed by atoms with Gasteiger partial charge in [-0.15, -0.1) is 0 Å². The zero-order valence-electron chi connectivity index (χ0n) is 44.6. The van der Waals surface area contributed by atoms with Gasteiger partial charge < -0.3 is 14.2 Å². The van der Waals surface area contributed by atoms with Crippen LogP contribution in [0.25, 0.3) is 0 Å². The monoisotopic (exact) mass is 947 g/mol. The second-order valence-electron chi connectivity index (χ2n) is 19.0. The zero-order valence-corrected chi connectivity index (χ0v) is 44.6. The molecule has 0 radical (unpaired) electrons. The normalized spacial score (nSPS) is 12.7. The Morgan fingerprint density at radius 2 is 0.588 bits per heavy atom. The van der Waals surface area contributed by atoms with Crippen LogP contribution in [-0.4, -0.2) is 37.2 Å². The Labute approximate surface area is 420 Å². The summed E-state index contributed by atoms with van der Waals surface area (Å²) in [5.74, 6) is -0.935. The number of allylic oxidation sites excluding steroid dienone is 14.